The summed E-state index contributed by atoms with van der Waals surface area (Å²) in [5, 5.41) is 3.90. The summed E-state index contributed by atoms with van der Waals surface area (Å²) in [5.74, 6) is -0.132. The minimum atomic E-state index is -0.554. The van der Waals surface area contributed by atoms with Crippen LogP contribution in [0, 0.1) is 0 Å². The number of piperazine rings is 1. The third kappa shape index (κ3) is 8.29. The number of carbonyl (C=O) groups excluding carboxylic acids is 2. The Kier molecular flexibility index (Phi) is 9.29. The minimum Gasteiger partial charge on any atom is -0.459 e. The van der Waals surface area contributed by atoms with E-state index in [0.717, 1.165) is 57.7 Å². The van der Waals surface area contributed by atoms with Gasteiger partial charge < -0.3 is 14.4 Å². The molecule has 34 heavy (non-hydrogen) atoms. The van der Waals surface area contributed by atoms with Crippen LogP contribution in [0.4, 0.5) is 10.5 Å². The molecule has 0 radical (unpaired) electrons. The third-order valence-electron chi connectivity index (χ3n) is 6.06. The predicted octanol–water partition coefficient (Wildman–Crippen LogP) is 2.69. The zero-order valence-corrected chi connectivity index (χ0v) is 21.0. The second-order valence-corrected chi connectivity index (χ2v) is 9.80. The normalized spacial score (nSPS) is 18.8. The number of likely N-dealkylation sites (tertiary alicyclic amines) is 1. The highest BCUT2D eigenvalue weighted by Crippen LogP contribution is 2.22. The Morgan fingerprint density at radius 1 is 1.06 bits per heavy atom. The van der Waals surface area contributed by atoms with Crippen LogP contribution in [0.2, 0.25) is 0 Å². The molecule has 0 bridgehead atoms. The fraction of sp³-hybridized carbons (Fsp3) is 0.640. The molecular formula is C25H39N5O4. The van der Waals surface area contributed by atoms with Crippen molar-refractivity contribution in [3.05, 3.63) is 29.8 Å². The summed E-state index contributed by atoms with van der Waals surface area (Å²) in [5.41, 5.74) is 4.02. The van der Waals surface area contributed by atoms with Crippen LogP contribution in [-0.4, -0.2) is 92.1 Å². The molecular weight excluding hydrogens is 434 g/mol. The summed E-state index contributed by atoms with van der Waals surface area (Å²) < 4.78 is 10.2. The molecule has 0 unspecified atom stereocenters. The number of nitrogens with zero attached hydrogens (tertiary/aromatic N) is 4. The van der Waals surface area contributed by atoms with Gasteiger partial charge in [0.05, 0.1) is 19.4 Å². The fourth-order valence-corrected chi connectivity index (χ4v) is 4.44. The van der Waals surface area contributed by atoms with E-state index in [1.807, 2.05) is 32.9 Å². The highest BCUT2D eigenvalue weighted by Gasteiger charge is 2.29. The summed E-state index contributed by atoms with van der Waals surface area (Å²) >= 11 is 0. The molecule has 2 fully saturated rings. The van der Waals surface area contributed by atoms with E-state index in [4.69, 9.17) is 9.47 Å². The molecule has 0 spiro atoms. The number of piperidine rings is 1. The van der Waals surface area contributed by atoms with Gasteiger partial charge in [-0.3, -0.25) is 14.6 Å². The van der Waals surface area contributed by atoms with Crippen molar-refractivity contribution >= 4 is 24.0 Å². The second kappa shape index (κ2) is 12.2. The molecule has 9 nitrogen and oxygen atoms in total. The zero-order valence-electron chi connectivity index (χ0n) is 21.0. The van der Waals surface area contributed by atoms with E-state index >= 15 is 0 Å². The van der Waals surface area contributed by atoms with Crippen LogP contribution >= 0.6 is 0 Å². The molecule has 188 valence electrons. The molecule has 0 aliphatic carbocycles. The monoisotopic (exact) mass is 473 g/mol. The van der Waals surface area contributed by atoms with Crippen molar-refractivity contribution in [1.29, 1.82) is 0 Å². The lowest BCUT2D eigenvalue weighted by atomic mass is 10.0. The molecule has 2 aliphatic heterocycles. The molecule has 0 saturated carbocycles. The summed E-state index contributed by atoms with van der Waals surface area (Å²) in [6, 6.07) is 8.77. The topological polar surface area (TPSA) is 86.7 Å². The van der Waals surface area contributed by atoms with Crippen molar-refractivity contribution in [2.45, 2.75) is 52.2 Å². The number of nitrogens with one attached hydrogen (secondary N) is 1. The van der Waals surface area contributed by atoms with Gasteiger partial charge in [0.15, 0.2) is 0 Å². The number of amides is 1. The van der Waals surface area contributed by atoms with Crippen LogP contribution in [0.25, 0.3) is 0 Å². The molecule has 2 aliphatic rings. The van der Waals surface area contributed by atoms with Crippen LogP contribution < -0.4 is 10.3 Å². The number of hydrogen-bond donors (Lipinski definition) is 1. The molecule has 9 heteroatoms. The highest BCUT2D eigenvalue weighted by atomic mass is 16.6. The average molecular weight is 474 g/mol. The average Bonchev–Trinajstić information content (AvgIpc) is 2.79. The molecule has 0 atom stereocenters. The lowest BCUT2D eigenvalue weighted by Gasteiger charge is -2.43. The van der Waals surface area contributed by atoms with Gasteiger partial charge in [-0.15, -0.1) is 0 Å². The van der Waals surface area contributed by atoms with Crippen molar-refractivity contribution in [3.8, 4) is 0 Å². The summed E-state index contributed by atoms with van der Waals surface area (Å²) in [6.07, 6.45) is 3.24. The first kappa shape index (κ1) is 26.0. The number of benzene rings is 1. The number of ether oxygens (including phenoxy) is 2. The zero-order chi connectivity index (χ0) is 24.6. The van der Waals surface area contributed by atoms with Gasteiger partial charge in [0.1, 0.15) is 5.60 Å². The molecule has 0 aromatic heterocycles. The van der Waals surface area contributed by atoms with Gasteiger partial charge in [0, 0.05) is 51.0 Å². The Bertz CT molecular complexity index is 821. The number of anilines is 1. The maximum atomic E-state index is 12.1. The summed E-state index contributed by atoms with van der Waals surface area (Å²) in [7, 11) is 0. The summed E-state index contributed by atoms with van der Waals surface area (Å²) in [4.78, 5) is 30.6. The molecule has 1 amide bonds. The third-order valence-corrected chi connectivity index (χ3v) is 6.06. The Morgan fingerprint density at radius 3 is 2.29 bits per heavy atom. The van der Waals surface area contributed by atoms with Crippen LogP contribution in [0.3, 0.4) is 0 Å². The Morgan fingerprint density at radius 2 is 1.71 bits per heavy atom. The van der Waals surface area contributed by atoms with Gasteiger partial charge >= 0.3 is 12.1 Å². The molecule has 1 aromatic rings. The van der Waals surface area contributed by atoms with Crippen molar-refractivity contribution < 1.29 is 19.1 Å². The number of carbonyl (C=O) groups is 2. The number of rotatable bonds is 7. The lowest BCUT2D eigenvalue weighted by molar-refractivity contribution is -0.156. The number of hydrazone groups is 1. The predicted molar refractivity (Wildman–Crippen MR) is 133 cm³/mol. The van der Waals surface area contributed by atoms with Gasteiger partial charge in [0.25, 0.3) is 0 Å². The first-order chi connectivity index (χ1) is 16.2. The smallest absolute Gasteiger partial charge is 0.427 e. The maximum absolute atomic E-state index is 12.1. The van der Waals surface area contributed by atoms with Gasteiger partial charge in [-0.2, -0.15) is 5.10 Å². The standard InChI is InChI=1S/C25H39N5O4/c1-5-33-24(32)27-26-18-20-6-8-21(9-7-20)29-14-16-30(17-15-29)22-10-12-28(13-11-22)19-23(31)34-25(2,3)4/h6-9,18,22H,5,10-17,19H2,1-4H3,(H,27,32). The molecule has 2 saturated heterocycles. The second-order valence-electron chi connectivity index (χ2n) is 9.80. The van der Waals surface area contributed by atoms with Crippen molar-refractivity contribution in [2.75, 3.05) is 57.3 Å². The fourth-order valence-electron chi connectivity index (χ4n) is 4.44. The van der Waals surface area contributed by atoms with Crippen LogP contribution in [-0.2, 0) is 14.3 Å². The van der Waals surface area contributed by atoms with E-state index in [1.165, 1.54) is 5.69 Å². The largest absolute Gasteiger partial charge is 0.459 e. The van der Waals surface area contributed by atoms with Gasteiger partial charge in [-0.1, -0.05) is 12.1 Å². The van der Waals surface area contributed by atoms with Gasteiger partial charge in [-0.25, -0.2) is 10.2 Å². The van der Waals surface area contributed by atoms with Crippen molar-refractivity contribution in [2.24, 2.45) is 5.10 Å². The Labute approximate surface area is 203 Å². The van der Waals surface area contributed by atoms with Gasteiger partial charge in [0.2, 0.25) is 0 Å². The Balaban J connectivity index is 1.39. The highest BCUT2D eigenvalue weighted by molar-refractivity contribution is 5.81. The molecule has 1 aromatic carbocycles. The van der Waals surface area contributed by atoms with Crippen LogP contribution in [0.1, 0.15) is 46.1 Å². The van der Waals surface area contributed by atoms with Crippen LogP contribution in [0.5, 0.6) is 0 Å². The SMILES string of the molecule is CCOC(=O)NN=Cc1ccc(N2CCN(C3CCN(CC(=O)OC(C)(C)C)CC3)CC2)cc1. The molecule has 2 heterocycles. The van der Waals surface area contributed by atoms with E-state index in [-0.39, 0.29) is 5.97 Å². The van der Waals surface area contributed by atoms with Crippen molar-refractivity contribution in [1.82, 2.24) is 15.2 Å². The van der Waals surface area contributed by atoms with Gasteiger partial charge in [-0.05, 0) is 58.2 Å². The first-order valence-corrected chi connectivity index (χ1v) is 12.2. The summed E-state index contributed by atoms with van der Waals surface area (Å²) in [6.45, 7) is 14.1. The van der Waals surface area contributed by atoms with E-state index in [1.54, 1.807) is 13.1 Å². The van der Waals surface area contributed by atoms with E-state index in [9.17, 15) is 9.59 Å². The Hall–Kier alpha value is -2.65. The number of hydrogen-bond acceptors (Lipinski definition) is 8. The van der Waals surface area contributed by atoms with E-state index in [0.29, 0.717) is 19.2 Å². The van der Waals surface area contributed by atoms with E-state index in [2.05, 4.69) is 37.4 Å². The maximum Gasteiger partial charge on any atom is 0.427 e. The van der Waals surface area contributed by atoms with Crippen LogP contribution in [0.15, 0.2) is 29.4 Å². The number of esters is 1. The molecule has 3 rings (SSSR count). The van der Waals surface area contributed by atoms with Crippen molar-refractivity contribution in [3.63, 3.8) is 0 Å². The minimum absolute atomic E-state index is 0.132. The lowest BCUT2D eigenvalue weighted by Crippen LogP contribution is -2.53. The quantitative estimate of drug-likeness (QED) is 0.370. The first-order valence-electron chi connectivity index (χ1n) is 12.2. The van der Waals surface area contributed by atoms with E-state index < -0.39 is 11.7 Å². The molecule has 1 N–H and O–H groups in total.